The lowest BCUT2D eigenvalue weighted by Crippen LogP contribution is -2.54. The Morgan fingerprint density at radius 2 is 1.58 bits per heavy atom. The fraction of sp³-hybridized carbons (Fsp3) is 1.00. The van der Waals surface area contributed by atoms with Gasteiger partial charge in [-0.25, -0.2) is 0 Å². The number of ether oxygens (including phenoxy) is 1. The van der Waals surface area contributed by atoms with Crippen LogP contribution in [-0.4, -0.2) is 35.6 Å². The minimum atomic E-state index is -0.144. The van der Waals surface area contributed by atoms with Crippen LogP contribution in [0.25, 0.3) is 0 Å². The summed E-state index contributed by atoms with van der Waals surface area (Å²) in [5.74, 6) is 5.14. The van der Waals surface area contributed by atoms with Crippen molar-refractivity contribution in [3.63, 3.8) is 0 Å². The highest BCUT2D eigenvalue weighted by atomic mass is 16.5. The van der Waals surface area contributed by atoms with E-state index in [-0.39, 0.29) is 12.2 Å². The summed E-state index contributed by atoms with van der Waals surface area (Å²) in [6.45, 7) is 9.34. The van der Waals surface area contributed by atoms with E-state index >= 15 is 0 Å². The SMILES string of the molecule is CC(C(O)CC1CCOCC1)C1CCC2C3CCC4CC(O)CCC4(C)C3CC[C@]12C. The Labute approximate surface area is 190 Å². The average molecular weight is 433 g/mol. The van der Waals surface area contributed by atoms with E-state index in [1.54, 1.807) is 0 Å². The second-order valence-corrected chi connectivity index (χ2v) is 13.0. The molecule has 3 heteroatoms. The molecule has 1 aliphatic heterocycles. The number of hydrogen-bond donors (Lipinski definition) is 2. The summed E-state index contributed by atoms with van der Waals surface area (Å²) in [6.07, 6.45) is 14.6. The van der Waals surface area contributed by atoms with Gasteiger partial charge in [-0.3, -0.25) is 0 Å². The molecule has 10 atom stereocenters. The van der Waals surface area contributed by atoms with Crippen LogP contribution in [0.15, 0.2) is 0 Å². The van der Waals surface area contributed by atoms with E-state index in [1.807, 2.05) is 0 Å². The minimum absolute atomic E-state index is 0.0441. The summed E-state index contributed by atoms with van der Waals surface area (Å²) in [5, 5.41) is 21.5. The summed E-state index contributed by atoms with van der Waals surface area (Å²) in [6, 6.07) is 0. The van der Waals surface area contributed by atoms with E-state index in [4.69, 9.17) is 4.74 Å². The first-order chi connectivity index (χ1) is 14.8. The fourth-order valence-electron chi connectivity index (χ4n) is 9.95. The molecule has 0 aromatic rings. The monoisotopic (exact) mass is 432 g/mol. The first kappa shape index (κ1) is 22.7. The van der Waals surface area contributed by atoms with Gasteiger partial charge >= 0.3 is 0 Å². The van der Waals surface area contributed by atoms with Crippen molar-refractivity contribution in [1.29, 1.82) is 0 Å². The van der Waals surface area contributed by atoms with Crippen molar-refractivity contribution in [3.8, 4) is 0 Å². The van der Waals surface area contributed by atoms with Gasteiger partial charge in [-0.1, -0.05) is 20.8 Å². The molecule has 5 rings (SSSR count). The largest absolute Gasteiger partial charge is 0.393 e. The molecule has 0 radical (unpaired) electrons. The van der Waals surface area contributed by atoms with Crippen LogP contribution in [0, 0.1) is 52.3 Å². The van der Waals surface area contributed by atoms with Crippen molar-refractivity contribution in [3.05, 3.63) is 0 Å². The second-order valence-electron chi connectivity index (χ2n) is 13.0. The highest BCUT2D eigenvalue weighted by molar-refractivity contribution is 5.10. The van der Waals surface area contributed by atoms with Gasteiger partial charge in [0.05, 0.1) is 12.2 Å². The zero-order valence-electron chi connectivity index (χ0n) is 20.4. The first-order valence-electron chi connectivity index (χ1n) is 13.8. The normalized spacial score (nSPS) is 50.2. The predicted molar refractivity (Wildman–Crippen MR) is 125 cm³/mol. The summed E-state index contributed by atoms with van der Waals surface area (Å²) in [4.78, 5) is 0. The molecule has 178 valence electrons. The molecule has 5 aliphatic rings. The van der Waals surface area contributed by atoms with Crippen LogP contribution in [0.2, 0.25) is 0 Å². The van der Waals surface area contributed by atoms with Crippen molar-refractivity contribution in [2.45, 2.75) is 110 Å². The van der Waals surface area contributed by atoms with Gasteiger partial charge in [0, 0.05) is 13.2 Å². The summed E-state index contributed by atoms with van der Waals surface area (Å²) >= 11 is 0. The lowest BCUT2D eigenvalue weighted by molar-refractivity contribution is -0.132. The number of aliphatic hydroxyl groups excluding tert-OH is 2. The van der Waals surface area contributed by atoms with Gasteiger partial charge in [0.25, 0.3) is 0 Å². The number of rotatable bonds is 4. The van der Waals surface area contributed by atoms with Gasteiger partial charge in [0.2, 0.25) is 0 Å². The quantitative estimate of drug-likeness (QED) is 0.588. The molecule has 4 saturated carbocycles. The molecule has 0 aromatic carbocycles. The van der Waals surface area contributed by atoms with Crippen molar-refractivity contribution in [2.75, 3.05) is 13.2 Å². The molecule has 0 aromatic heterocycles. The van der Waals surface area contributed by atoms with Crippen molar-refractivity contribution in [2.24, 2.45) is 52.3 Å². The molecule has 1 heterocycles. The molecule has 3 nitrogen and oxygen atoms in total. The zero-order chi connectivity index (χ0) is 21.8. The minimum Gasteiger partial charge on any atom is -0.393 e. The Balaban J connectivity index is 1.28. The molecule has 4 aliphatic carbocycles. The molecule has 9 unspecified atom stereocenters. The molecule has 31 heavy (non-hydrogen) atoms. The van der Waals surface area contributed by atoms with Crippen LogP contribution < -0.4 is 0 Å². The lowest BCUT2D eigenvalue weighted by atomic mass is 9.44. The van der Waals surface area contributed by atoms with Gasteiger partial charge in [-0.15, -0.1) is 0 Å². The smallest absolute Gasteiger partial charge is 0.0571 e. The molecule has 0 amide bonds. The van der Waals surface area contributed by atoms with E-state index in [0.717, 1.165) is 69.0 Å². The topological polar surface area (TPSA) is 49.7 Å². The average Bonchev–Trinajstić information content (AvgIpc) is 3.11. The van der Waals surface area contributed by atoms with Gasteiger partial charge in [0.1, 0.15) is 0 Å². The third-order valence-electron chi connectivity index (χ3n) is 11.9. The van der Waals surface area contributed by atoms with Gasteiger partial charge in [-0.2, -0.15) is 0 Å². The molecule has 2 N–H and O–H groups in total. The maximum absolute atomic E-state index is 11.2. The van der Waals surface area contributed by atoms with Crippen molar-refractivity contribution in [1.82, 2.24) is 0 Å². The summed E-state index contributed by atoms with van der Waals surface area (Å²) in [7, 11) is 0. The van der Waals surface area contributed by atoms with Crippen LogP contribution in [0.4, 0.5) is 0 Å². The summed E-state index contributed by atoms with van der Waals surface area (Å²) < 4.78 is 5.53. The van der Waals surface area contributed by atoms with Gasteiger partial charge in [0.15, 0.2) is 0 Å². The third-order valence-corrected chi connectivity index (χ3v) is 11.9. The van der Waals surface area contributed by atoms with Crippen LogP contribution in [0.5, 0.6) is 0 Å². The number of hydrogen-bond acceptors (Lipinski definition) is 3. The Bertz CT molecular complexity index is 630. The second kappa shape index (κ2) is 8.58. The third kappa shape index (κ3) is 3.83. The highest BCUT2D eigenvalue weighted by Crippen LogP contribution is 2.68. The molecular formula is C28H48O3. The summed E-state index contributed by atoms with van der Waals surface area (Å²) in [5.41, 5.74) is 0.893. The van der Waals surface area contributed by atoms with Crippen LogP contribution in [0.3, 0.4) is 0 Å². The van der Waals surface area contributed by atoms with Crippen LogP contribution in [0.1, 0.15) is 97.8 Å². The fourth-order valence-corrected chi connectivity index (χ4v) is 9.95. The molecular weight excluding hydrogens is 384 g/mol. The van der Waals surface area contributed by atoms with Gasteiger partial charge < -0.3 is 14.9 Å². The molecule has 0 spiro atoms. The molecule has 5 fully saturated rings. The number of aliphatic hydroxyl groups is 2. The maximum atomic E-state index is 11.2. The predicted octanol–water partition coefficient (Wildman–Crippen LogP) is 5.82. The Kier molecular flexibility index (Phi) is 6.28. The van der Waals surface area contributed by atoms with Gasteiger partial charge in [-0.05, 0) is 129 Å². The van der Waals surface area contributed by atoms with E-state index in [9.17, 15) is 10.2 Å². The van der Waals surface area contributed by atoms with Crippen molar-refractivity contribution >= 4 is 0 Å². The zero-order valence-corrected chi connectivity index (χ0v) is 20.4. The Morgan fingerprint density at radius 1 is 0.871 bits per heavy atom. The maximum Gasteiger partial charge on any atom is 0.0571 e. The van der Waals surface area contributed by atoms with Crippen LogP contribution >= 0.6 is 0 Å². The standard InChI is InChI=1S/C28H48O3/c1-18(26(30)16-19-10-14-31-15-11-19)23-6-7-24-22-5-4-20-17-21(29)8-12-27(20,2)25(22)9-13-28(23,24)3/h18-26,29-30H,4-17H2,1-3H3/t18?,20?,21?,22?,23?,24?,25?,26?,27?,28-/m1/s1. The molecule has 0 bridgehead atoms. The van der Waals surface area contributed by atoms with E-state index in [0.29, 0.717) is 28.6 Å². The number of fused-ring (bicyclic) bond motifs is 5. The van der Waals surface area contributed by atoms with Crippen molar-refractivity contribution < 1.29 is 14.9 Å². The Hall–Kier alpha value is -0.120. The van der Waals surface area contributed by atoms with Crippen LogP contribution in [-0.2, 0) is 4.74 Å². The first-order valence-corrected chi connectivity index (χ1v) is 13.8. The molecule has 1 saturated heterocycles. The Morgan fingerprint density at radius 3 is 2.35 bits per heavy atom. The van der Waals surface area contributed by atoms with E-state index < -0.39 is 0 Å². The van der Waals surface area contributed by atoms with E-state index in [2.05, 4.69) is 20.8 Å². The highest BCUT2D eigenvalue weighted by Gasteiger charge is 2.60. The van der Waals surface area contributed by atoms with E-state index in [1.165, 1.54) is 44.9 Å². The lowest BCUT2D eigenvalue weighted by Gasteiger charge is -2.61.